The molecule has 0 fully saturated rings. The Hall–Kier alpha value is -3.62. The topological polar surface area (TPSA) is 75.7 Å². The maximum Gasteiger partial charge on any atom is 0.264 e. The van der Waals surface area contributed by atoms with Gasteiger partial charge < -0.3 is 10.1 Å². The van der Waals surface area contributed by atoms with Crippen LogP contribution >= 0.6 is 15.9 Å². The smallest absolute Gasteiger partial charge is 0.264 e. The summed E-state index contributed by atoms with van der Waals surface area (Å²) in [6, 6.07) is 30.7. The summed E-state index contributed by atoms with van der Waals surface area (Å²) in [7, 11) is -3.73. The highest BCUT2D eigenvalue weighted by atomic mass is 79.9. The Morgan fingerprint density at radius 1 is 0.861 bits per heavy atom. The van der Waals surface area contributed by atoms with Gasteiger partial charge >= 0.3 is 0 Å². The Morgan fingerprint density at radius 3 is 2.11 bits per heavy atom. The van der Waals surface area contributed by atoms with Gasteiger partial charge in [-0.05, 0) is 82.5 Å². The summed E-state index contributed by atoms with van der Waals surface area (Å²) in [5, 5.41) is 2.73. The second-order valence-corrected chi connectivity index (χ2v) is 10.6. The molecule has 4 rings (SSSR count). The lowest BCUT2D eigenvalue weighted by atomic mass is 10.1. The molecule has 0 aliphatic heterocycles. The minimum Gasteiger partial charge on any atom is -0.483 e. The van der Waals surface area contributed by atoms with Gasteiger partial charge in [-0.25, -0.2) is 8.42 Å². The molecule has 36 heavy (non-hydrogen) atoms. The molecule has 0 saturated heterocycles. The van der Waals surface area contributed by atoms with Crippen molar-refractivity contribution in [3.8, 4) is 16.9 Å². The first kappa shape index (κ1) is 25.5. The van der Waals surface area contributed by atoms with Gasteiger partial charge in [0.2, 0.25) is 0 Å². The molecule has 4 aromatic carbocycles. The van der Waals surface area contributed by atoms with E-state index in [0.717, 1.165) is 15.6 Å². The van der Waals surface area contributed by atoms with Crippen LogP contribution in [0.4, 0.5) is 11.4 Å². The number of carbonyl (C=O) groups excluding carboxylic acids is 1. The molecular formula is C28H25BrN2O4S. The van der Waals surface area contributed by atoms with Gasteiger partial charge in [-0.1, -0.05) is 54.6 Å². The normalized spacial score (nSPS) is 11.1. The zero-order valence-electron chi connectivity index (χ0n) is 19.6. The number of sulfonamides is 1. The molecule has 184 valence electrons. The number of nitrogens with one attached hydrogen (secondary N) is 1. The highest BCUT2D eigenvalue weighted by molar-refractivity contribution is 9.10. The fourth-order valence-electron chi connectivity index (χ4n) is 3.69. The number of hydrogen-bond donors (Lipinski definition) is 1. The zero-order chi connectivity index (χ0) is 25.5. The molecule has 1 N–H and O–H groups in total. The van der Waals surface area contributed by atoms with E-state index in [-0.39, 0.29) is 17.4 Å². The van der Waals surface area contributed by atoms with Gasteiger partial charge in [-0.3, -0.25) is 9.10 Å². The first-order valence-electron chi connectivity index (χ1n) is 11.3. The van der Waals surface area contributed by atoms with Gasteiger partial charge in [0.1, 0.15) is 5.75 Å². The average Bonchev–Trinajstić information content (AvgIpc) is 2.89. The van der Waals surface area contributed by atoms with E-state index < -0.39 is 10.0 Å². The Morgan fingerprint density at radius 2 is 1.50 bits per heavy atom. The Balaban J connectivity index is 1.37. The zero-order valence-corrected chi connectivity index (χ0v) is 22.0. The van der Waals surface area contributed by atoms with E-state index in [4.69, 9.17) is 4.74 Å². The van der Waals surface area contributed by atoms with Crippen LogP contribution in [0.3, 0.4) is 0 Å². The minimum absolute atomic E-state index is 0.143. The summed E-state index contributed by atoms with van der Waals surface area (Å²) in [5.74, 6) is 0.191. The van der Waals surface area contributed by atoms with Gasteiger partial charge in [-0.2, -0.15) is 0 Å². The summed E-state index contributed by atoms with van der Waals surface area (Å²) in [6.45, 7) is 1.89. The quantitative estimate of drug-likeness (QED) is 0.257. The molecule has 1 amide bonds. The van der Waals surface area contributed by atoms with Crippen molar-refractivity contribution in [2.24, 2.45) is 0 Å². The van der Waals surface area contributed by atoms with Crippen molar-refractivity contribution in [1.29, 1.82) is 0 Å². The summed E-state index contributed by atoms with van der Waals surface area (Å²) >= 11 is 3.50. The highest BCUT2D eigenvalue weighted by Crippen LogP contribution is 2.31. The first-order valence-corrected chi connectivity index (χ1v) is 13.6. The lowest BCUT2D eigenvalue weighted by Gasteiger charge is -2.23. The molecule has 0 aliphatic rings. The van der Waals surface area contributed by atoms with Crippen LogP contribution in [0.15, 0.2) is 112 Å². The number of carbonyl (C=O) groups is 1. The van der Waals surface area contributed by atoms with Gasteiger partial charge in [0.05, 0.1) is 15.1 Å². The average molecular weight is 565 g/mol. The van der Waals surface area contributed by atoms with Crippen LogP contribution in [0.1, 0.15) is 6.92 Å². The number of rotatable bonds is 9. The van der Waals surface area contributed by atoms with E-state index in [0.29, 0.717) is 23.7 Å². The minimum atomic E-state index is -3.73. The van der Waals surface area contributed by atoms with Gasteiger partial charge in [-0.15, -0.1) is 0 Å². The molecule has 6 nitrogen and oxygen atoms in total. The SMILES string of the molecule is CCN(c1ccccc1)S(=O)(=O)c1ccc(NC(=O)COc2ccc(-c3ccccc3)cc2Br)cc1. The Labute approximate surface area is 219 Å². The number of hydrogen-bond acceptors (Lipinski definition) is 4. The number of amides is 1. The van der Waals surface area contributed by atoms with Crippen LogP contribution in [-0.2, 0) is 14.8 Å². The van der Waals surface area contributed by atoms with E-state index >= 15 is 0 Å². The largest absolute Gasteiger partial charge is 0.483 e. The molecule has 0 heterocycles. The molecule has 0 bridgehead atoms. The lowest BCUT2D eigenvalue weighted by molar-refractivity contribution is -0.118. The molecule has 0 saturated carbocycles. The standard InChI is InChI=1S/C28H25BrN2O4S/c1-2-31(24-11-7-4-8-12-24)36(33,34)25-16-14-23(15-17-25)30-28(32)20-35-27-18-13-22(19-26(27)29)21-9-5-3-6-10-21/h3-19H,2,20H2,1H3,(H,30,32). The molecule has 8 heteroatoms. The summed E-state index contributed by atoms with van der Waals surface area (Å²) < 4.78 is 34.0. The van der Waals surface area contributed by atoms with Crippen LogP contribution < -0.4 is 14.4 Å². The summed E-state index contributed by atoms with van der Waals surface area (Å²) in [5.41, 5.74) is 3.18. The van der Waals surface area contributed by atoms with E-state index in [1.807, 2.05) is 54.6 Å². The molecule has 0 atom stereocenters. The number of anilines is 2. The van der Waals surface area contributed by atoms with Crippen molar-refractivity contribution >= 4 is 43.2 Å². The van der Waals surface area contributed by atoms with E-state index in [2.05, 4.69) is 21.2 Å². The Bertz CT molecular complexity index is 1430. The van der Waals surface area contributed by atoms with E-state index in [1.165, 1.54) is 16.4 Å². The predicted molar refractivity (Wildman–Crippen MR) is 147 cm³/mol. The first-order chi connectivity index (χ1) is 17.4. The van der Waals surface area contributed by atoms with Gasteiger partial charge in [0, 0.05) is 12.2 Å². The third-order valence-corrected chi connectivity index (χ3v) is 7.99. The van der Waals surface area contributed by atoms with Crippen LogP contribution in [0, 0.1) is 0 Å². The van der Waals surface area contributed by atoms with Crippen molar-refractivity contribution in [1.82, 2.24) is 0 Å². The lowest BCUT2D eigenvalue weighted by Crippen LogP contribution is -2.30. The third-order valence-electron chi connectivity index (χ3n) is 5.46. The molecule has 0 aliphatic carbocycles. The number of benzene rings is 4. The monoisotopic (exact) mass is 564 g/mol. The van der Waals surface area contributed by atoms with Crippen LogP contribution in [-0.4, -0.2) is 27.5 Å². The van der Waals surface area contributed by atoms with Crippen molar-refractivity contribution in [2.45, 2.75) is 11.8 Å². The van der Waals surface area contributed by atoms with Crippen molar-refractivity contribution < 1.29 is 17.9 Å². The molecule has 0 unspecified atom stereocenters. The molecular weight excluding hydrogens is 540 g/mol. The van der Waals surface area contributed by atoms with Crippen LogP contribution in [0.2, 0.25) is 0 Å². The van der Waals surface area contributed by atoms with Crippen molar-refractivity contribution in [3.05, 3.63) is 108 Å². The number of nitrogens with zero attached hydrogens (tertiary/aromatic N) is 1. The van der Waals surface area contributed by atoms with Gasteiger partial charge in [0.15, 0.2) is 6.61 Å². The van der Waals surface area contributed by atoms with Gasteiger partial charge in [0.25, 0.3) is 15.9 Å². The maximum absolute atomic E-state index is 13.1. The number of ether oxygens (including phenoxy) is 1. The number of halogens is 1. The molecule has 0 radical (unpaired) electrons. The maximum atomic E-state index is 13.1. The van der Waals surface area contributed by atoms with E-state index in [1.54, 1.807) is 43.3 Å². The molecule has 0 aromatic heterocycles. The molecule has 0 spiro atoms. The highest BCUT2D eigenvalue weighted by Gasteiger charge is 2.23. The fourth-order valence-corrected chi connectivity index (χ4v) is 5.66. The second kappa shape index (κ2) is 11.4. The number of para-hydroxylation sites is 1. The van der Waals surface area contributed by atoms with Crippen LogP contribution in [0.25, 0.3) is 11.1 Å². The Kier molecular flexibility index (Phi) is 8.07. The van der Waals surface area contributed by atoms with Crippen LogP contribution in [0.5, 0.6) is 5.75 Å². The second-order valence-electron chi connectivity index (χ2n) is 7.88. The summed E-state index contributed by atoms with van der Waals surface area (Å²) in [6.07, 6.45) is 0. The predicted octanol–water partition coefficient (Wildman–Crippen LogP) is 6.35. The van der Waals surface area contributed by atoms with E-state index in [9.17, 15) is 13.2 Å². The van der Waals surface area contributed by atoms with Crippen molar-refractivity contribution in [3.63, 3.8) is 0 Å². The fraction of sp³-hybridized carbons (Fsp3) is 0.107. The summed E-state index contributed by atoms with van der Waals surface area (Å²) in [4.78, 5) is 12.6. The molecule has 4 aromatic rings. The third kappa shape index (κ3) is 5.95. The van der Waals surface area contributed by atoms with Crippen molar-refractivity contribution in [2.75, 3.05) is 22.8 Å².